The highest BCUT2D eigenvalue weighted by atomic mass is 32.2. The van der Waals surface area contributed by atoms with Crippen molar-refractivity contribution in [1.82, 2.24) is 14.1 Å². The van der Waals surface area contributed by atoms with E-state index < -0.39 is 15.6 Å². The summed E-state index contributed by atoms with van der Waals surface area (Å²) in [5.74, 6) is -0.0739. The number of amides is 2. The Morgan fingerprint density at radius 2 is 1.88 bits per heavy atom. The molecule has 1 aromatic rings. The average molecular weight is 468 g/mol. The van der Waals surface area contributed by atoms with Crippen molar-refractivity contribution in [1.29, 1.82) is 0 Å². The van der Waals surface area contributed by atoms with Crippen LogP contribution in [0.15, 0.2) is 29.2 Å². The normalized spacial score (nSPS) is 17.5. The molecule has 0 spiro atoms. The van der Waals surface area contributed by atoms with Gasteiger partial charge in [-0.15, -0.1) is 0 Å². The molecule has 180 valence electrons. The van der Waals surface area contributed by atoms with E-state index in [2.05, 4.69) is 0 Å². The molecular formula is C23H37N3O5S. The van der Waals surface area contributed by atoms with E-state index in [9.17, 15) is 18.0 Å². The third kappa shape index (κ3) is 6.68. The molecule has 2 amide bonds. The van der Waals surface area contributed by atoms with Crippen LogP contribution in [-0.2, 0) is 14.8 Å². The van der Waals surface area contributed by atoms with Gasteiger partial charge in [-0.2, -0.15) is 0 Å². The zero-order valence-electron chi connectivity index (χ0n) is 20.3. The molecule has 32 heavy (non-hydrogen) atoms. The quantitative estimate of drug-likeness (QED) is 0.640. The van der Waals surface area contributed by atoms with Crippen LogP contribution in [0, 0.1) is 5.92 Å². The summed E-state index contributed by atoms with van der Waals surface area (Å²) in [5.41, 5.74) is -0.224. The standard InChI is InChI=1S/C23H37N3O5S/c1-17(2)26(22(28)31-23(3,4)5)16-18-10-9-13-25(15-18)21(27)19-11-8-12-20(14-19)32(29,30)24(6)7/h8,11-12,14,17-18H,9-10,13,15-16H2,1-7H3. The van der Waals surface area contributed by atoms with Crippen LogP contribution in [0.3, 0.4) is 0 Å². The highest BCUT2D eigenvalue weighted by molar-refractivity contribution is 7.89. The Balaban J connectivity index is 2.14. The third-order valence-electron chi connectivity index (χ3n) is 5.37. The number of carbonyl (C=O) groups excluding carboxylic acids is 2. The van der Waals surface area contributed by atoms with Gasteiger partial charge in [0, 0.05) is 45.3 Å². The second kappa shape index (κ2) is 10.2. The van der Waals surface area contributed by atoms with Crippen molar-refractivity contribution in [2.24, 2.45) is 5.92 Å². The first-order chi connectivity index (χ1) is 14.7. The molecule has 0 aliphatic carbocycles. The number of hydrogen-bond donors (Lipinski definition) is 0. The van der Waals surface area contributed by atoms with E-state index in [1.807, 2.05) is 34.6 Å². The Hall–Kier alpha value is -2.13. The molecule has 1 saturated heterocycles. The van der Waals surface area contributed by atoms with Crippen molar-refractivity contribution >= 4 is 22.0 Å². The summed E-state index contributed by atoms with van der Waals surface area (Å²) in [6.07, 6.45) is 1.38. The second-order valence-corrected chi connectivity index (χ2v) is 12.0. The molecule has 1 aliphatic heterocycles. The number of ether oxygens (including phenoxy) is 1. The minimum absolute atomic E-state index is 0.0242. The van der Waals surface area contributed by atoms with Crippen LogP contribution in [0.5, 0.6) is 0 Å². The fourth-order valence-electron chi connectivity index (χ4n) is 3.68. The van der Waals surface area contributed by atoms with Crippen molar-refractivity contribution in [2.75, 3.05) is 33.7 Å². The van der Waals surface area contributed by atoms with Gasteiger partial charge >= 0.3 is 6.09 Å². The van der Waals surface area contributed by atoms with Gasteiger partial charge in [-0.05, 0) is 71.6 Å². The van der Waals surface area contributed by atoms with Crippen molar-refractivity contribution < 1.29 is 22.7 Å². The Morgan fingerprint density at radius 3 is 2.44 bits per heavy atom. The molecule has 1 heterocycles. The third-order valence-corrected chi connectivity index (χ3v) is 7.18. The van der Waals surface area contributed by atoms with Gasteiger partial charge in [-0.25, -0.2) is 17.5 Å². The maximum Gasteiger partial charge on any atom is 0.410 e. The summed E-state index contributed by atoms with van der Waals surface area (Å²) in [7, 11) is -0.695. The largest absolute Gasteiger partial charge is 0.444 e. The van der Waals surface area contributed by atoms with Gasteiger partial charge in [0.1, 0.15) is 5.60 Å². The van der Waals surface area contributed by atoms with E-state index >= 15 is 0 Å². The lowest BCUT2D eigenvalue weighted by atomic mass is 9.96. The van der Waals surface area contributed by atoms with Crippen LogP contribution in [0.25, 0.3) is 0 Å². The predicted molar refractivity (Wildman–Crippen MR) is 124 cm³/mol. The summed E-state index contributed by atoms with van der Waals surface area (Å²) in [6.45, 7) is 11.0. The number of rotatable bonds is 6. The van der Waals surface area contributed by atoms with Crippen molar-refractivity contribution in [3.8, 4) is 0 Å². The van der Waals surface area contributed by atoms with Crippen LogP contribution < -0.4 is 0 Å². The number of likely N-dealkylation sites (tertiary alicyclic amines) is 1. The molecule has 0 radical (unpaired) electrons. The van der Waals surface area contributed by atoms with Crippen molar-refractivity contribution in [3.05, 3.63) is 29.8 Å². The summed E-state index contributed by atoms with van der Waals surface area (Å²) in [5, 5.41) is 0. The highest BCUT2D eigenvalue weighted by Gasteiger charge is 2.31. The minimum atomic E-state index is -3.62. The number of carbonyl (C=O) groups is 2. The Morgan fingerprint density at radius 1 is 1.22 bits per heavy atom. The molecular weight excluding hydrogens is 430 g/mol. The van der Waals surface area contributed by atoms with E-state index in [0.717, 1.165) is 17.1 Å². The fourth-order valence-corrected chi connectivity index (χ4v) is 4.62. The van der Waals surface area contributed by atoms with Gasteiger partial charge in [0.15, 0.2) is 0 Å². The number of sulfonamides is 1. The van der Waals surface area contributed by atoms with Gasteiger partial charge in [0.25, 0.3) is 5.91 Å². The maximum atomic E-state index is 13.1. The second-order valence-electron chi connectivity index (χ2n) is 9.80. The van der Waals surface area contributed by atoms with Crippen molar-refractivity contribution in [3.63, 3.8) is 0 Å². The molecule has 2 rings (SSSR count). The molecule has 0 aromatic heterocycles. The first-order valence-corrected chi connectivity index (χ1v) is 12.5. The van der Waals surface area contributed by atoms with Gasteiger partial charge < -0.3 is 14.5 Å². The topological polar surface area (TPSA) is 87.2 Å². The van der Waals surface area contributed by atoms with Crippen LogP contribution in [-0.4, -0.2) is 79.9 Å². The Kier molecular flexibility index (Phi) is 8.33. The van der Waals surface area contributed by atoms with E-state index in [4.69, 9.17) is 4.74 Å². The predicted octanol–water partition coefficient (Wildman–Crippen LogP) is 3.43. The lowest BCUT2D eigenvalue weighted by Crippen LogP contribution is -2.48. The van der Waals surface area contributed by atoms with E-state index in [1.54, 1.807) is 21.9 Å². The van der Waals surface area contributed by atoms with Gasteiger partial charge in [-0.3, -0.25) is 4.79 Å². The van der Waals surface area contributed by atoms with Crippen LogP contribution >= 0.6 is 0 Å². The zero-order valence-corrected chi connectivity index (χ0v) is 21.1. The summed E-state index contributed by atoms with van der Waals surface area (Å²) in [4.78, 5) is 29.4. The molecule has 0 bridgehead atoms. The van der Waals surface area contributed by atoms with Crippen LogP contribution in [0.4, 0.5) is 4.79 Å². The van der Waals surface area contributed by atoms with Crippen molar-refractivity contribution in [2.45, 2.75) is 64.0 Å². The molecule has 1 atom stereocenters. The summed E-state index contributed by atoms with van der Waals surface area (Å²) >= 11 is 0. The molecule has 9 heteroatoms. The first kappa shape index (κ1) is 26.1. The van der Waals surface area contributed by atoms with Gasteiger partial charge in [-0.1, -0.05) is 6.07 Å². The monoisotopic (exact) mass is 467 g/mol. The minimum Gasteiger partial charge on any atom is -0.444 e. The molecule has 8 nitrogen and oxygen atoms in total. The zero-order chi connectivity index (χ0) is 24.3. The fraction of sp³-hybridized carbons (Fsp3) is 0.652. The van der Waals surface area contributed by atoms with Gasteiger partial charge in [0.2, 0.25) is 10.0 Å². The van der Waals surface area contributed by atoms with Crippen LogP contribution in [0.1, 0.15) is 57.8 Å². The number of hydrogen-bond acceptors (Lipinski definition) is 5. The maximum absolute atomic E-state index is 13.1. The lowest BCUT2D eigenvalue weighted by Gasteiger charge is -2.37. The Bertz CT molecular complexity index is 922. The number of piperidine rings is 1. The van der Waals surface area contributed by atoms with Gasteiger partial charge in [0.05, 0.1) is 4.90 Å². The highest BCUT2D eigenvalue weighted by Crippen LogP contribution is 2.23. The number of nitrogens with zero attached hydrogens (tertiary/aromatic N) is 3. The molecule has 1 fully saturated rings. The molecule has 1 unspecified atom stereocenters. The molecule has 0 N–H and O–H groups in total. The molecule has 1 aliphatic rings. The Labute approximate surface area is 192 Å². The average Bonchev–Trinajstić information content (AvgIpc) is 2.70. The first-order valence-electron chi connectivity index (χ1n) is 11.0. The summed E-state index contributed by atoms with van der Waals surface area (Å²) in [6, 6.07) is 6.13. The molecule has 0 saturated carbocycles. The van der Waals surface area contributed by atoms with E-state index in [-0.39, 0.29) is 28.9 Å². The lowest BCUT2D eigenvalue weighted by molar-refractivity contribution is 0.0124. The van der Waals surface area contributed by atoms with E-state index in [0.29, 0.717) is 25.2 Å². The van der Waals surface area contributed by atoms with E-state index in [1.165, 1.54) is 26.2 Å². The SMILES string of the molecule is CC(C)N(CC1CCCN(C(=O)c2cccc(S(=O)(=O)N(C)C)c2)C1)C(=O)OC(C)(C)C. The van der Waals surface area contributed by atoms with Crippen LogP contribution in [0.2, 0.25) is 0 Å². The number of benzene rings is 1. The smallest absolute Gasteiger partial charge is 0.410 e. The molecule has 1 aromatic carbocycles. The summed E-state index contributed by atoms with van der Waals surface area (Å²) < 4.78 is 31.6.